The molecule has 0 saturated heterocycles. The van der Waals surface area contributed by atoms with Crippen LogP contribution in [-0.2, 0) is 0 Å². The first-order chi connectivity index (χ1) is 9.09. The zero-order valence-corrected chi connectivity index (χ0v) is 12.0. The fourth-order valence-corrected chi connectivity index (χ4v) is 3.02. The van der Waals surface area contributed by atoms with Gasteiger partial charge in [0.25, 0.3) is 5.91 Å². The minimum atomic E-state index is -0.323. The molecule has 0 bridgehead atoms. The Bertz CT molecular complexity index is 445. The van der Waals surface area contributed by atoms with E-state index in [1.54, 1.807) is 18.2 Å². The molecule has 1 aliphatic rings. The quantitative estimate of drug-likeness (QED) is 0.900. The summed E-state index contributed by atoms with van der Waals surface area (Å²) >= 11 is 12.0. The van der Waals surface area contributed by atoms with Gasteiger partial charge in [-0.3, -0.25) is 4.79 Å². The van der Waals surface area contributed by atoms with E-state index in [4.69, 9.17) is 23.2 Å². The molecule has 1 aromatic rings. The summed E-state index contributed by atoms with van der Waals surface area (Å²) in [5, 5.41) is 13.4. The SMILES string of the molecule is O=C(NCC1CCCCC1O)c1c(Cl)cccc1Cl. The van der Waals surface area contributed by atoms with Crippen molar-refractivity contribution in [3.63, 3.8) is 0 Å². The van der Waals surface area contributed by atoms with E-state index in [2.05, 4.69) is 5.32 Å². The summed E-state index contributed by atoms with van der Waals surface area (Å²) < 4.78 is 0. The van der Waals surface area contributed by atoms with Crippen LogP contribution in [-0.4, -0.2) is 23.7 Å². The van der Waals surface area contributed by atoms with Crippen molar-refractivity contribution in [3.05, 3.63) is 33.8 Å². The molecule has 0 aromatic heterocycles. The molecule has 0 aliphatic heterocycles. The maximum absolute atomic E-state index is 12.1. The number of amides is 1. The third-order valence-corrected chi connectivity index (χ3v) is 4.21. The molecule has 2 N–H and O–H groups in total. The molecular formula is C14H17Cl2NO2. The highest BCUT2D eigenvalue weighted by atomic mass is 35.5. The van der Waals surface area contributed by atoms with Crippen molar-refractivity contribution in [3.8, 4) is 0 Å². The largest absolute Gasteiger partial charge is 0.393 e. The lowest BCUT2D eigenvalue weighted by molar-refractivity contribution is 0.0663. The summed E-state index contributed by atoms with van der Waals surface area (Å²) in [4.78, 5) is 12.1. The molecule has 2 rings (SSSR count). The summed E-state index contributed by atoms with van der Waals surface area (Å²) in [6.07, 6.45) is 3.59. The molecule has 0 spiro atoms. The molecule has 104 valence electrons. The van der Waals surface area contributed by atoms with Crippen LogP contribution in [0.2, 0.25) is 10.0 Å². The maximum atomic E-state index is 12.1. The molecular weight excluding hydrogens is 285 g/mol. The number of aliphatic hydroxyl groups excluding tert-OH is 1. The molecule has 1 aromatic carbocycles. The first kappa shape index (κ1) is 14.6. The van der Waals surface area contributed by atoms with Crippen molar-refractivity contribution >= 4 is 29.1 Å². The Balaban J connectivity index is 1.97. The highest BCUT2D eigenvalue weighted by Gasteiger charge is 2.24. The Morgan fingerprint density at radius 2 is 1.89 bits per heavy atom. The average Bonchev–Trinajstić information content (AvgIpc) is 2.37. The molecule has 2 unspecified atom stereocenters. The highest BCUT2D eigenvalue weighted by molar-refractivity contribution is 6.39. The van der Waals surface area contributed by atoms with Crippen LogP contribution in [0.5, 0.6) is 0 Å². The van der Waals surface area contributed by atoms with Gasteiger partial charge in [-0.1, -0.05) is 42.1 Å². The van der Waals surface area contributed by atoms with Crippen molar-refractivity contribution in [2.75, 3.05) is 6.54 Å². The van der Waals surface area contributed by atoms with Crippen molar-refractivity contribution in [1.29, 1.82) is 0 Å². The van der Waals surface area contributed by atoms with Gasteiger partial charge in [0.15, 0.2) is 0 Å². The van der Waals surface area contributed by atoms with Gasteiger partial charge in [-0.25, -0.2) is 0 Å². The van der Waals surface area contributed by atoms with Crippen molar-refractivity contribution in [2.24, 2.45) is 5.92 Å². The van der Waals surface area contributed by atoms with Gasteiger partial charge in [0.1, 0.15) is 0 Å². The van der Waals surface area contributed by atoms with Crippen molar-refractivity contribution in [2.45, 2.75) is 31.8 Å². The van der Waals surface area contributed by atoms with Crippen LogP contribution in [0.4, 0.5) is 0 Å². The number of aliphatic hydroxyl groups is 1. The first-order valence-electron chi connectivity index (χ1n) is 6.50. The summed E-state index contributed by atoms with van der Waals surface area (Å²) in [6, 6.07) is 4.97. The summed E-state index contributed by atoms with van der Waals surface area (Å²) in [5.41, 5.74) is 0.302. The van der Waals surface area contributed by atoms with Crippen molar-refractivity contribution in [1.82, 2.24) is 5.32 Å². The number of hydrogen-bond donors (Lipinski definition) is 2. The zero-order chi connectivity index (χ0) is 13.8. The first-order valence-corrected chi connectivity index (χ1v) is 7.25. The van der Waals surface area contributed by atoms with Crippen LogP contribution in [0.25, 0.3) is 0 Å². The number of hydrogen-bond acceptors (Lipinski definition) is 2. The lowest BCUT2D eigenvalue weighted by Gasteiger charge is -2.27. The number of carbonyl (C=O) groups excluding carboxylic acids is 1. The predicted molar refractivity (Wildman–Crippen MR) is 76.8 cm³/mol. The Morgan fingerprint density at radius 3 is 2.53 bits per heavy atom. The monoisotopic (exact) mass is 301 g/mol. The van der Waals surface area contributed by atoms with Gasteiger partial charge >= 0.3 is 0 Å². The Labute approximate surface area is 122 Å². The van der Waals surface area contributed by atoms with E-state index in [1.165, 1.54) is 0 Å². The van der Waals surface area contributed by atoms with Gasteiger partial charge in [0.05, 0.1) is 21.7 Å². The third-order valence-electron chi connectivity index (χ3n) is 3.58. The number of nitrogens with one attached hydrogen (secondary N) is 1. The van der Waals surface area contributed by atoms with Gasteiger partial charge in [0, 0.05) is 12.5 Å². The predicted octanol–water partition coefficient (Wildman–Crippen LogP) is 3.27. The summed E-state index contributed by atoms with van der Waals surface area (Å²) in [5.74, 6) is -0.160. The standard InChI is InChI=1S/C14H17Cl2NO2/c15-10-5-3-6-11(16)13(10)14(19)17-8-9-4-1-2-7-12(9)18/h3,5-6,9,12,18H,1-2,4,7-8H2,(H,17,19). The van der Waals surface area contributed by atoms with E-state index < -0.39 is 0 Å². The number of carbonyl (C=O) groups is 1. The molecule has 1 aliphatic carbocycles. The molecule has 19 heavy (non-hydrogen) atoms. The van der Waals surface area contributed by atoms with Crippen LogP contribution < -0.4 is 5.32 Å². The highest BCUT2D eigenvalue weighted by Crippen LogP contribution is 2.26. The van der Waals surface area contributed by atoms with Crippen LogP contribution in [0.3, 0.4) is 0 Å². The Morgan fingerprint density at radius 1 is 1.26 bits per heavy atom. The molecule has 1 saturated carbocycles. The van der Waals surface area contributed by atoms with Crippen LogP contribution in [0, 0.1) is 5.92 Å². The third kappa shape index (κ3) is 3.62. The van der Waals surface area contributed by atoms with Crippen LogP contribution in [0.15, 0.2) is 18.2 Å². The molecule has 2 atom stereocenters. The summed E-state index contributed by atoms with van der Waals surface area (Å²) in [6.45, 7) is 0.460. The van der Waals surface area contributed by atoms with E-state index in [-0.39, 0.29) is 17.9 Å². The molecule has 1 amide bonds. The van der Waals surface area contributed by atoms with E-state index in [0.717, 1.165) is 25.7 Å². The Hall–Kier alpha value is -0.770. The second-order valence-electron chi connectivity index (χ2n) is 4.92. The van der Waals surface area contributed by atoms with Gasteiger partial charge in [0.2, 0.25) is 0 Å². The average molecular weight is 302 g/mol. The molecule has 0 heterocycles. The van der Waals surface area contributed by atoms with Gasteiger partial charge in [-0.05, 0) is 25.0 Å². The lowest BCUT2D eigenvalue weighted by Crippen LogP contribution is -2.36. The summed E-state index contributed by atoms with van der Waals surface area (Å²) in [7, 11) is 0. The zero-order valence-electron chi connectivity index (χ0n) is 10.5. The number of halogens is 2. The molecule has 0 radical (unpaired) electrons. The smallest absolute Gasteiger partial charge is 0.254 e. The van der Waals surface area contributed by atoms with Crippen molar-refractivity contribution < 1.29 is 9.90 Å². The topological polar surface area (TPSA) is 49.3 Å². The Kier molecular flexibility index (Phi) is 5.08. The van der Waals surface area contributed by atoms with E-state index >= 15 is 0 Å². The molecule has 5 heteroatoms. The van der Waals surface area contributed by atoms with Gasteiger partial charge in [-0.2, -0.15) is 0 Å². The fraction of sp³-hybridized carbons (Fsp3) is 0.500. The van der Waals surface area contributed by atoms with Crippen LogP contribution in [0.1, 0.15) is 36.0 Å². The number of rotatable bonds is 3. The second-order valence-corrected chi connectivity index (χ2v) is 5.73. The normalized spacial score (nSPS) is 23.1. The van der Waals surface area contributed by atoms with E-state index in [1.807, 2.05) is 0 Å². The van der Waals surface area contributed by atoms with E-state index in [0.29, 0.717) is 22.2 Å². The van der Waals surface area contributed by atoms with Gasteiger partial charge < -0.3 is 10.4 Å². The lowest BCUT2D eigenvalue weighted by atomic mass is 9.86. The second kappa shape index (κ2) is 6.60. The minimum absolute atomic E-state index is 0.124. The molecule has 1 fully saturated rings. The fourth-order valence-electron chi connectivity index (χ4n) is 2.45. The van der Waals surface area contributed by atoms with Gasteiger partial charge in [-0.15, -0.1) is 0 Å². The maximum Gasteiger partial charge on any atom is 0.254 e. The minimum Gasteiger partial charge on any atom is -0.393 e. The van der Waals surface area contributed by atoms with E-state index in [9.17, 15) is 9.90 Å². The van der Waals surface area contributed by atoms with Crippen LogP contribution >= 0.6 is 23.2 Å². The number of benzene rings is 1. The molecule has 3 nitrogen and oxygen atoms in total.